The first-order chi connectivity index (χ1) is 15.5. The molecule has 1 aliphatic heterocycles. The number of aromatic nitrogens is 3. The molecule has 1 fully saturated rings. The van der Waals surface area contributed by atoms with Gasteiger partial charge in [0.1, 0.15) is 17.4 Å². The van der Waals surface area contributed by atoms with Gasteiger partial charge in [0, 0.05) is 36.9 Å². The third-order valence-corrected chi connectivity index (χ3v) is 6.14. The predicted octanol–water partition coefficient (Wildman–Crippen LogP) is 2.94. The number of ether oxygens (including phenoxy) is 1. The first-order valence-corrected chi connectivity index (χ1v) is 10.9. The van der Waals surface area contributed by atoms with E-state index in [4.69, 9.17) is 4.74 Å². The molecule has 1 aromatic carbocycles. The number of nitriles is 1. The number of hydrogen-bond donors (Lipinski definition) is 1. The molecule has 8 heteroatoms. The second-order valence-electron chi connectivity index (χ2n) is 8.19. The SMILES string of the molecule is COc1ccccc1N1CCCC(NC(=O)CCc2c(C)nc3c(C#N)cnn3c2C)C1. The lowest BCUT2D eigenvalue weighted by molar-refractivity contribution is -0.121. The van der Waals surface area contributed by atoms with E-state index >= 15 is 0 Å². The maximum Gasteiger partial charge on any atom is 0.220 e. The minimum absolute atomic E-state index is 0.0361. The molecule has 2 aromatic heterocycles. The number of nitrogens with one attached hydrogen (secondary N) is 1. The highest BCUT2D eigenvalue weighted by Crippen LogP contribution is 2.30. The average Bonchev–Trinajstić information content (AvgIpc) is 3.22. The van der Waals surface area contributed by atoms with Gasteiger partial charge in [0.15, 0.2) is 5.65 Å². The van der Waals surface area contributed by atoms with Crippen molar-refractivity contribution in [3.8, 4) is 11.8 Å². The summed E-state index contributed by atoms with van der Waals surface area (Å²) in [6, 6.07) is 10.2. The topological polar surface area (TPSA) is 95.5 Å². The highest BCUT2D eigenvalue weighted by atomic mass is 16.5. The normalized spacial score (nSPS) is 16.1. The minimum Gasteiger partial charge on any atom is -0.495 e. The van der Waals surface area contributed by atoms with Gasteiger partial charge in [-0.1, -0.05) is 12.1 Å². The van der Waals surface area contributed by atoms with Crippen molar-refractivity contribution in [1.82, 2.24) is 19.9 Å². The largest absolute Gasteiger partial charge is 0.495 e. The van der Waals surface area contributed by atoms with E-state index in [1.807, 2.05) is 32.0 Å². The molecule has 3 aromatic rings. The highest BCUT2D eigenvalue weighted by Gasteiger charge is 2.23. The van der Waals surface area contributed by atoms with Crippen LogP contribution in [0.2, 0.25) is 0 Å². The molecule has 1 unspecified atom stereocenters. The molecule has 0 aliphatic carbocycles. The molecule has 3 heterocycles. The van der Waals surface area contributed by atoms with Gasteiger partial charge in [0.25, 0.3) is 0 Å². The standard InChI is InChI=1S/C24H28N6O2/c1-16-20(17(2)30-24(27-16)18(13-25)14-26-30)10-11-23(31)28-19-7-6-12-29(15-19)21-8-4-5-9-22(21)32-3/h4-5,8-9,14,19H,6-7,10-12,15H2,1-3H3,(H,28,31). The lowest BCUT2D eigenvalue weighted by Gasteiger charge is -2.35. The number of aryl methyl sites for hydroxylation is 2. The van der Waals surface area contributed by atoms with Crippen molar-refractivity contribution >= 4 is 17.2 Å². The van der Waals surface area contributed by atoms with E-state index in [1.54, 1.807) is 11.6 Å². The van der Waals surface area contributed by atoms with Gasteiger partial charge in [-0.15, -0.1) is 0 Å². The van der Waals surface area contributed by atoms with Gasteiger partial charge >= 0.3 is 0 Å². The number of hydrogen-bond acceptors (Lipinski definition) is 6. The number of fused-ring (bicyclic) bond motifs is 1. The third kappa shape index (κ3) is 4.24. The van der Waals surface area contributed by atoms with Crippen molar-refractivity contribution in [2.75, 3.05) is 25.1 Å². The number of benzene rings is 1. The number of rotatable bonds is 6. The zero-order chi connectivity index (χ0) is 22.7. The molecule has 0 spiro atoms. The van der Waals surface area contributed by atoms with Gasteiger partial charge in [-0.25, -0.2) is 9.50 Å². The molecular weight excluding hydrogens is 404 g/mol. The fourth-order valence-corrected chi connectivity index (χ4v) is 4.49. The summed E-state index contributed by atoms with van der Waals surface area (Å²) in [5, 5.41) is 16.7. The summed E-state index contributed by atoms with van der Waals surface area (Å²) in [5.74, 6) is 0.889. The Balaban J connectivity index is 1.40. The van der Waals surface area contributed by atoms with E-state index in [1.165, 1.54) is 6.20 Å². The Morgan fingerprint density at radius 3 is 2.94 bits per heavy atom. The smallest absolute Gasteiger partial charge is 0.220 e. The van der Waals surface area contributed by atoms with E-state index < -0.39 is 0 Å². The maximum atomic E-state index is 12.7. The second-order valence-corrected chi connectivity index (χ2v) is 8.19. The average molecular weight is 433 g/mol. The molecule has 1 atom stereocenters. The van der Waals surface area contributed by atoms with Crippen molar-refractivity contribution in [1.29, 1.82) is 5.26 Å². The molecule has 0 radical (unpaired) electrons. The number of anilines is 1. The van der Waals surface area contributed by atoms with Gasteiger partial charge in [0.2, 0.25) is 5.91 Å². The van der Waals surface area contributed by atoms with E-state index in [-0.39, 0.29) is 11.9 Å². The molecule has 166 valence electrons. The zero-order valence-electron chi connectivity index (χ0n) is 18.8. The Kier molecular flexibility index (Phi) is 6.26. The number of carbonyl (C=O) groups is 1. The number of piperidine rings is 1. The summed E-state index contributed by atoms with van der Waals surface area (Å²) >= 11 is 0. The minimum atomic E-state index is 0.0361. The monoisotopic (exact) mass is 432 g/mol. The first-order valence-electron chi connectivity index (χ1n) is 10.9. The summed E-state index contributed by atoms with van der Waals surface area (Å²) in [6.45, 7) is 5.59. The summed E-state index contributed by atoms with van der Waals surface area (Å²) in [4.78, 5) is 19.6. The van der Waals surface area contributed by atoms with Crippen LogP contribution in [0.1, 0.15) is 41.8 Å². The van der Waals surface area contributed by atoms with Crippen LogP contribution in [0, 0.1) is 25.2 Å². The van der Waals surface area contributed by atoms with E-state index in [0.29, 0.717) is 24.1 Å². The summed E-state index contributed by atoms with van der Waals surface area (Å²) in [6.07, 6.45) is 4.47. The van der Waals surface area contributed by atoms with Gasteiger partial charge in [-0.3, -0.25) is 4.79 Å². The molecule has 8 nitrogen and oxygen atoms in total. The molecule has 1 aliphatic rings. The van der Waals surface area contributed by atoms with Crippen LogP contribution in [0.4, 0.5) is 5.69 Å². The Labute approximate surface area is 187 Å². The Morgan fingerprint density at radius 2 is 2.16 bits per heavy atom. The number of methoxy groups -OCH3 is 1. The van der Waals surface area contributed by atoms with Crippen LogP contribution in [0.3, 0.4) is 0 Å². The molecule has 1 N–H and O–H groups in total. The molecule has 32 heavy (non-hydrogen) atoms. The third-order valence-electron chi connectivity index (χ3n) is 6.14. The molecular formula is C24H28N6O2. The van der Waals surface area contributed by atoms with Crippen LogP contribution >= 0.6 is 0 Å². The van der Waals surface area contributed by atoms with Crippen LogP contribution in [0.25, 0.3) is 5.65 Å². The molecule has 1 amide bonds. The van der Waals surface area contributed by atoms with Crippen molar-refractivity contribution < 1.29 is 9.53 Å². The highest BCUT2D eigenvalue weighted by molar-refractivity contribution is 5.76. The summed E-state index contributed by atoms with van der Waals surface area (Å²) < 4.78 is 7.19. The van der Waals surface area contributed by atoms with E-state index in [0.717, 1.165) is 54.3 Å². The number of carbonyl (C=O) groups excluding carboxylic acids is 1. The van der Waals surface area contributed by atoms with Crippen molar-refractivity contribution in [3.63, 3.8) is 0 Å². The second kappa shape index (κ2) is 9.27. The van der Waals surface area contributed by atoms with E-state index in [2.05, 4.69) is 32.4 Å². The Bertz CT molecular complexity index is 1180. The van der Waals surface area contributed by atoms with Gasteiger partial charge in [-0.2, -0.15) is 10.4 Å². The fraction of sp³-hybridized carbons (Fsp3) is 0.417. The van der Waals surface area contributed by atoms with Crippen molar-refractivity contribution in [2.24, 2.45) is 0 Å². The molecule has 0 saturated carbocycles. The quantitative estimate of drug-likeness (QED) is 0.643. The van der Waals surface area contributed by atoms with Crippen LogP contribution in [-0.2, 0) is 11.2 Å². The van der Waals surface area contributed by atoms with E-state index in [9.17, 15) is 10.1 Å². The van der Waals surface area contributed by atoms with Crippen molar-refractivity contribution in [2.45, 2.75) is 45.6 Å². The van der Waals surface area contributed by atoms with Gasteiger partial charge < -0.3 is 15.0 Å². The molecule has 1 saturated heterocycles. The Morgan fingerprint density at radius 1 is 1.34 bits per heavy atom. The maximum absolute atomic E-state index is 12.7. The summed E-state index contributed by atoms with van der Waals surface area (Å²) in [5.41, 5.74) is 4.84. The van der Waals surface area contributed by atoms with Crippen LogP contribution in [0.15, 0.2) is 30.5 Å². The Hall–Kier alpha value is -3.60. The number of nitrogens with zero attached hydrogens (tertiary/aromatic N) is 5. The summed E-state index contributed by atoms with van der Waals surface area (Å²) in [7, 11) is 1.68. The van der Waals surface area contributed by atoms with Crippen LogP contribution in [0.5, 0.6) is 5.75 Å². The molecule has 0 bridgehead atoms. The first kappa shape index (κ1) is 21.6. The van der Waals surface area contributed by atoms with Crippen molar-refractivity contribution in [3.05, 3.63) is 53.0 Å². The zero-order valence-corrected chi connectivity index (χ0v) is 18.8. The van der Waals surface area contributed by atoms with Gasteiger partial charge in [-0.05, 0) is 50.8 Å². The van der Waals surface area contributed by atoms with Crippen LogP contribution in [-0.4, -0.2) is 46.7 Å². The van der Waals surface area contributed by atoms with Crippen LogP contribution < -0.4 is 15.0 Å². The van der Waals surface area contributed by atoms with Gasteiger partial charge in [0.05, 0.1) is 19.0 Å². The number of para-hydroxylation sites is 2. The molecule has 4 rings (SSSR count). The predicted molar refractivity (Wildman–Crippen MR) is 122 cm³/mol. The fourth-order valence-electron chi connectivity index (χ4n) is 4.49. The number of amides is 1. The lowest BCUT2D eigenvalue weighted by Crippen LogP contribution is -2.48. The lowest BCUT2D eigenvalue weighted by atomic mass is 10.0.